The smallest absolute Gasteiger partial charge is 0.269 e. The number of carbonyl (C=O) groups excluding carboxylic acids is 3. The topological polar surface area (TPSA) is 109 Å². The van der Waals surface area contributed by atoms with Crippen LogP contribution in [0.1, 0.15) is 23.7 Å². The van der Waals surface area contributed by atoms with Crippen molar-refractivity contribution in [1.82, 2.24) is 16.2 Å². The molecule has 0 radical (unpaired) electrons. The Hall–Kier alpha value is -2.88. The van der Waals surface area contributed by atoms with Crippen LogP contribution in [0.15, 0.2) is 42.5 Å². The predicted molar refractivity (Wildman–Crippen MR) is 119 cm³/mol. The molecule has 0 spiro atoms. The third-order valence-corrected chi connectivity index (χ3v) is 4.28. The van der Waals surface area contributed by atoms with Crippen LogP contribution in [0.5, 0.6) is 5.75 Å². The van der Waals surface area contributed by atoms with Crippen LogP contribution in [-0.4, -0.2) is 29.4 Å². The first-order valence-corrected chi connectivity index (χ1v) is 9.83. The van der Waals surface area contributed by atoms with Crippen molar-refractivity contribution < 1.29 is 19.1 Å². The summed E-state index contributed by atoms with van der Waals surface area (Å²) in [7, 11) is 0. The van der Waals surface area contributed by atoms with Crippen LogP contribution >= 0.6 is 35.4 Å². The Labute approximate surface area is 188 Å². The largest absolute Gasteiger partial charge is 0.482 e. The lowest BCUT2D eigenvalue weighted by molar-refractivity contribution is -0.121. The molecule has 2 aromatic rings. The van der Waals surface area contributed by atoms with Gasteiger partial charge in [0.15, 0.2) is 11.7 Å². The number of amides is 3. The van der Waals surface area contributed by atoms with E-state index in [1.165, 1.54) is 24.3 Å². The van der Waals surface area contributed by atoms with Crippen LogP contribution in [0, 0.1) is 0 Å². The summed E-state index contributed by atoms with van der Waals surface area (Å²) in [5.41, 5.74) is 5.68. The molecule has 30 heavy (non-hydrogen) atoms. The molecule has 4 N–H and O–H groups in total. The van der Waals surface area contributed by atoms with Gasteiger partial charge in [-0.15, -0.1) is 0 Å². The van der Waals surface area contributed by atoms with Crippen molar-refractivity contribution in [2.75, 3.05) is 11.9 Å². The highest BCUT2D eigenvalue weighted by Crippen LogP contribution is 2.27. The van der Waals surface area contributed by atoms with Crippen LogP contribution < -0.4 is 26.2 Å². The molecule has 0 atom stereocenters. The number of nitrogens with one attached hydrogen (secondary N) is 4. The highest BCUT2D eigenvalue weighted by molar-refractivity contribution is 7.80. The summed E-state index contributed by atoms with van der Waals surface area (Å²) in [6, 6.07) is 10.9. The first kappa shape index (κ1) is 23.4. The number of benzene rings is 2. The molecular weight excluding hydrogens is 451 g/mol. The number of carbonyl (C=O) groups is 3. The van der Waals surface area contributed by atoms with Gasteiger partial charge in [-0.05, 0) is 54.7 Å². The maximum Gasteiger partial charge on any atom is 0.269 e. The molecule has 0 heterocycles. The summed E-state index contributed by atoms with van der Waals surface area (Å²) in [5.74, 6) is -0.868. The lowest BCUT2D eigenvalue weighted by atomic mass is 10.2. The Kier molecular flexibility index (Phi) is 8.85. The molecule has 0 aromatic heterocycles. The average molecular weight is 469 g/mol. The molecule has 2 aromatic carbocycles. The van der Waals surface area contributed by atoms with E-state index in [4.69, 9.17) is 40.2 Å². The normalized spacial score (nSPS) is 9.97. The van der Waals surface area contributed by atoms with Crippen molar-refractivity contribution in [3.8, 4) is 5.75 Å². The molecule has 0 aliphatic carbocycles. The molecule has 0 saturated heterocycles. The van der Waals surface area contributed by atoms with E-state index in [2.05, 4.69) is 21.5 Å². The highest BCUT2D eigenvalue weighted by atomic mass is 35.5. The Morgan fingerprint density at radius 1 is 1.00 bits per heavy atom. The second-order valence-corrected chi connectivity index (χ2v) is 7.05. The molecule has 0 unspecified atom stereocenters. The van der Waals surface area contributed by atoms with Gasteiger partial charge >= 0.3 is 0 Å². The van der Waals surface area contributed by atoms with Crippen molar-refractivity contribution >= 4 is 63.9 Å². The Morgan fingerprint density at radius 2 is 1.70 bits per heavy atom. The quantitative estimate of drug-likeness (QED) is 0.383. The van der Waals surface area contributed by atoms with Gasteiger partial charge in [-0.25, -0.2) is 0 Å². The lowest BCUT2D eigenvalue weighted by Crippen LogP contribution is -2.49. The SMILES string of the molecule is CCC(=O)Nc1ccc(C(=O)NNC(=S)NC(=O)COc2ccc(Cl)cc2Cl)cc1. The number of hydrazine groups is 1. The molecule has 0 bridgehead atoms. The molecule has 158 valence electrons. The van der Waals surface area contributed by atoms with E-state index in [1.54, 1.807) is 25.1 Å². The number of anilines is 1. The molecule has 3 amide bonds. The average Bonchev–Trinajstić information content (AvgIpc) is 2.71. The van der Waals surface area contributed by atoms with E-state index in [0.717, 1.165) is 0 Å². The monoisotopic (exact) mass is 468 g/mol. The van der Waals surface area contributed by atoms with Crippen LogP contribution in [-0.2, 0) is 9.59 Å². The van der Waals surface area contributed by atoms with E-state index in [1.807, 2.05) is 0 Å². The Bertz CT molecular complexity index is 954. The van der Waals surface area contributed by atoms with Gasteiger partial charge in [0.25, 0.3) is 11.8 Å². The predicted octanol–water partition coefficient (Wildman–Crippen LogP) is 3.06. The minimum absolute atomic E-state index is 0.119. The zero-order valence-electron chi connectivity index (χ0n) is 15.8. The van der Waals surface area contributed by atoms with Gasteiger partial charge in [-0.2, -0.15) is 0 Å². The van der Waals surface area contributed by atoms with Gasteiger partial charge in [0.05, 0.1) is 5.02 Å². The highest BCUT2D eigenvalue weighted by Gasteiger charge is 2.10. The maximum atomic E-state index is 12.1. The molecule has 0 fully saturated rings. The van der Waals surface area contributed by atoms with Crippen LogP contribution in [0.25, 0.3) is 0 Å². The van der Waals surface area contributed by atoms with Gasteiger partial charge in [0, 0.05) is 22.7 Å². The number of thiocarbonyl (C=S) groups is 1. The molecule has 0 aliphatic rings. The standard InChI is InChI=1S/C19H18Cl2N4O4S/c1-2-16(26)22-13-6-3-11(4-7-13)18(28)24-25-19(30)23-17(27)10-29-15-8-5-12(20)9-14(15)21/h3-9H,2,10H2,1H3,(H,22,26)(H,24,28)(H2,23,25,27,30). The first-order valence-electron chi connectivity index (χ1n) is 8.66. The van der Waals surface area contributed by atoms with Crippen molar-refractivity contribution in [1.29, 1.82) is 0 Å². The lowest BCUT2D eigenvalue weighted by Gasteiger charge is -2.12. The molecule has 0 saturated carbocycles. The second-order valence-electron chi connectivity index (χ2n) is 5.80. The summed E-state index contributed by atoms with van der Waals surface area (Å²) in [5, 5.41) is 5.62. The van der Waals surface area contributed by atoms with Crippen LogP contribution in [0.3, 0.4) is 0 Å². The van der Waals surface area contributed by atoms with Gasteiger partial charge in [-0.1, -0.05) is 30.1 Å². The number of rotatable bonds is 6. The van der Waals surface area contributed by atoms with Crippen molar-refractivity contribution in [2.24, 2.45) is 0 Å². The molecule has 8 nitrogen and oxygen atoms in total. The minimum Gasteiger partial charge on any atom is -0.482 e. The van der Waals surface area contributed by atoms with E-state index in [-0.39, 0.29) is 22.6 Å². The number of halogens is 2. The summed E-state index contributed by atoms with van der Waals surface area (Å²) in [4.78, 5) is 35.4. The third kappa shape index (κ3) is 7.51. The fourth-order valence-corrected chi connectivity index (χ4v) is 2.70. The van der Waals surface area contributed by atoms with Gasteiger partial charge in [0.1, 0.15) is 5.75 Å². The number of hydrogen-bond acceptors (Lipinski definition) is 5. The summed E-state index contributed by atoms with van der Waals surface area (Å²) in [6.07, 6.45) is 0.354. The maximum absolute atomic E-state index is 12.1. The van der Waals surface area contributed by atoms with Crippen molar-refractivity contribution in [3.63, 3.8) is 0 Å². The zero-order chi connectivity index (χ0) is 22.1. The second kappa shape index (κ2) is 11.3. The number of hydrogen-bond donors (Lipinski definition) is 4. The van der Waals surface area contributed by atoms with Crippen LogP contribution in [0.2, 0.25) is 10.0 Å². The van der Waals surface area contributed by atoms with E-state index in [9.17, 15) is 14.4 Å². The fourth-order valence-electron chi connectivity index (χ4n) is 2.07. The summed E-state index contributed by atoms with van der Waals surface area (Å²) >= 11 is 16.7. The van der Waals surface area contributed by atoms with E-state index < -0.39 is 11.8 Å². The van der Waals surface area contributed by atoms with Gasteiger partial charge in [0.2, 0.25) is 5.91 Å². The van der Waals surface area contributed by atoms with E-state index in [0.29, 0.717) is 28.4 Å². The molecule has 2 rings (SSSR count). The van der Waals surface area contributed by atoms with Gasteiger partial charge in [-0.3, -0.25) is 30.6 Å². The summed E-state index contributed by atoms with van der Waals surface area (Å²) in [6.45, 7) is 1.39. The third-order valence-electron chi connectivity index (χ3n) is 3.55. The Balaban J connectivity index is 1.75. The summed E-state index contributed by atoms with van der Waals surface area (Å²) < 4.78 is 5.29. The van der Waals surface area contributed by atoms with Gasteiger partial charge < -0.3 is 10.1 Å². The Morgan fingerprint density at radius 3 is 2.33 bits per heavy atom. The molecule has 11 heteroatoms. The first-order chi connectivity index (χ1) is 14.3. The van der Waals surface area contributed by atoms with E-state index >= 15 is 0 Å². The molecule has 0 aliphatic heterocycles. The zero-order valence-corrected chi connectivity index (χ0v) is 18.1. The van der Waals surface area contributed by atoms with Crippen LogP contribution in [0.4, 0.5) is 5.69 Å². The number of ether oxygens (including phenoxy) is 1. The minimum atomic E-state index is -0.552. The molecular formula is C19H18Cl2N4O4S. The van der Waals surface area contributed by atoms with Crippen molar-refractivity contribution in [2.45, 2.75) is 13.3 Å². The fraction of sp³-hybridized carbons (Fsp3) is 0.158. The van der Waals surface area contributed by atoms with Crippen molar-refractivity contribution in [3.05, 3.63) is 58.1 Å².